The first-order chi connectivity index (χ1) is 10.2. The first kappa shape index (κ1) is 13.4. The fourth-order valence-corrected chi connectivity index (χ4v) is 2.24. The molecule has 0 saturated heterocycles. The minimum Gasteiger partial charge on any atom is -0.365 e. The number of carbonyl (C=O) groups excluding carboxylic acids is 1. The number of nitrogens with zero attached hydrogens (tertiary/aromatic N) is 3. The lowest BCUT2D eigenvalue weighted by Gasteiger charge is -2.09. The van der Waals surface area contributed by atoms with Gasteiger partial charge in [0.2, 0.25) is 0 Å². The first-order valence-corrected chi connectivity index (χ1v) is 7.31. The van der Waals surface area contributed by atoms with Gasteiger partial charge in [-0.2, -0.15) is 5.10 Å². The molecular weight excluding hydrogens is 288 g/mol. The Bertz CT molecular complexity index is 815. The highest BCUT2D eigenvalue weighted by atomic mass is 32.2. The Balaban J connectivity index is 2.00. The molecule has 21 heavy (non-hydrogen) atoms. The maximum atomic E-state index is 11.5. The summed E-state index contributed by atoms with van der Waals surface area (Å²) in [5.41, 5.74) is 7.33. The monoisotopic (exact) mass is 300 g/mol. The van der Waals surface area contributed by atoms with Crippen molar-refractivity contribution in [2.24, 2.45) is 5.73 Å². The van der Waals surface area contributed by atoms with Crippen LogP contribution >= 0.6 is 11.8 Å². The van der Waals surface area contributed by atoms with Gasteiger partial charge >= 0.3 is 0 Å². The molecule has 3 rings (SSSR count). The highest BCUT2D eigenvalue weighted by Crippen LogP contribution is 2.23. The van der Waals surface area contributed by atoms with Crippen molar-refractivity contribution in [3.05, 3.63) is 36.2 Å². The second kappa shape index (κ2) is 5.41. The lowest BCUT2D eigenvalue weighted by atomic mass is 10.2. The summed E-state index contributed by atoms with van der Waals surface area (Å²) in [5, 5.41) is 11.5. The molecule has 0 atom stereocenters. The third-order valence-electron chi connectivity index (χ3n) is 2.92. The zero-order chi connectivity index (χ0) is 14.8. The Morgan fingerprint density at radius 3 is 3.00 bits per heavy atom. The quantitative estimate of drug-likeness (QED) is 0.501. The van der Waals surface area contributed by atoms with E-state index in [1.807, 2.05) is 24.5 Å². The lowest BCUT2D eigenvalue weighted by Crippen LogP contribution is -2.15. The van der Waals surface area contributed by atoms with E-state index in [1.54, 1.807) is 6.20 Å². The van der Waals surface area contributed by atoms with Crippen LogP contribution in [0.15, 0.2) is 35.7 Å². The van der Waals surface area contributed by atoms with E-state index < -0.39 is 5.91 Å². The van der Waals surface area contributed by atoms with Gasteiger partial charge in [-0.3, -0.25) is 9.89 Å². The smallest absolute Gasteiger partial charge is 0.254 e. The largest absolute Gasteiger partial charge is 0.365 e. The molecule has 4 N–H and O–H groups in total. The number of amides is 1. The minimum atomic E-state index is -0.574. The van der Waals surface area contributed by atoms with Crippen molar-refractivity contribution in [1.29, 1.82) is 0 Å². The zero-order valence-corrected chi connectivity index (χ0v) is 11.9. The number of aromatic amines is 1. The molecule has 0 saturated carbocycles. The number of rotatable bonds is 4. The maximum absolute atomic E-state index is 11.5. The number of H-pyrrole nitrogens is 1. The Morgan fingerprint density at radius 1 is 1.38 bits per heavy atom. The van der Waals surface area contributed by atoms with Crippen LogP contribution in [0.3, 0.4) is 0 Å². The molecule has 8 heteroatoms. The van der Waals surface area contributed by atoms with Gasteiger partial charge in [0.15, 0.2) is 5.16 Å². The van der Waals surface area contributed by atoms with Crippen molar-refractivity contribution in [3.8, 4) is 0 Å². The second-order valence-corrected chi connectivity index (χ2v) is 5.05. The molecule has 7 nitrogen and oxygen atoms in total. The molecule has 0 unspecified atom stereocenters. The standard InChI is InChI=1S/C13H12N6OS/c1-21-13-15-6-9(11(14)20)12(18-13)17-8-2-3-10-7(4-8)5-16-19-10/h2-6H,1H3,(H2,14,20)(H,16,19)(H,15,17,18). The summed E-state index contributed by atoms with van der Waals surface area (Å²) in [6.07, 6.45) is 5.02. The van der Waals surface area contributed by atoms with Crippen molar-refractivity contribution in [1.82, 2.24) is 20.2 Å². The van der Waals surface area contributed by atoms with Crippen LogP contribution in [-0.2, 0) is 0 Å². The number of thioether (sulfide) groups is 1. The van der Waals surface area contributed by atoms with Crippen LogP contribution in [0.4, 0.5) is 11.5 Å². The Kier molecular flexibility index (Phi) is 3.44. The molecule has 0 radical (unpaired) electrons. The topological polar surface area (TPSA) is 110 Å². The van der Waals surface area contributed by atoms with Crippen molar-refractivity contribution in [3.63, 3.8) is 0 Å². The molecule has 0 aliphatic carbocycles. The number of primary amides is 1. The van der Waals surface area contributed by atoms with E-state index in [-0.39, 0.29) is 5.56 Å². The predicted octanol–water partition coefficient (Wildman–Crippen LogP) is 1.92. The third-order valence-corrected chi connectivity index (χ3v) is 3.48. The van der Waals surface area contributed by atoms with Gasteiger partial charge in [-0.1, -0.05) is 11.8 Å². The highest BCUT2D eigenvalue weighted by Gasteiger charge is 2.12. The number of nitrogens with two attached hydrogens (primary N) is 1. The van der Waals surface area contributed by atoms with E-state index >= 15 is 0 Å². The minimum absolute atomic E-state index is 0.250. The summed E-state index contributed by atoms with van der Waals surface area (Å²) in [6, 6.07) is 5.67. The third kappa shape index (κ3) is 2.65. The molecule has 0 aliphatic heterocycles. The van der Waals surface area contributed by atoms with E-state index in [0.29, 0.717) is 11.0 Å². The molecule has 0 bridgehead atoms. The van der Waals surface area contributed by atoms with Gasteiger partial charge in [0.25, 0.3) is 5.91 Å². The summed E-state index contributed by atoms with van der Waals surface area (Å²) in [5.74, 6) is -0.181. The fourth-order valence-electron chi connectivity index (χ4n) is 1.90. The molecule has 0 aliphatic rings. The molecular formula is C13H12N6OS. The molecule has 1 amide bonds. The second-order valence-electron chi connectivity index (χ2n) is 4.28. The molecule has 106 valence electrons. The molecule has 1 aromatic carbocycles. The number of benzene rings is 1. The summed E-state index contributed by atoms with van der Waals surface area (Å²) in [6.45, 7) is 0. The van der Waals surface area contributed by atoms with Gasteiger partial charge in [0, 0.05) is 17.3 Å². The van der Waals surface area contributed by atoms with E-state index in [9.17, 15) is 4.79 Å². The van der Waals surface area contributed by atoms with E-state index in [0.717, 1.165) is 16.6 Å². The number of anilines is 2. The summed E-state index contributed by atoms with van der Waals surface area (Å²) >= 11 is 1.39. The van der Waals surface area contributed by atoms with Crippen LogP contribution in [0.5, 0.6) is 0 Å². The summed E-state index contributed by atoms with van der Waals surface area (Å²) in [7, 11) is 0. The summed E-state index contributed by atoms with van der Waals surface area (Å²) < 4.78 is 0. The number of nitrogens with one attached hydrogen (secondary N) is 2. The van der Waals surface area contributed by atoms with Crippen molar-refractivity contribution >= 4 is 40.1 Å². The van der Waals surface area contributed by atoms with Crippen LogP contribution in [0.25, 0.3) is 10.9 Å². The van der Waals surface area contributed by atoms with Crippen molar-refractivity contribution in [2.45, 2.75) is 5.16 Å². The Morgan fingerprint density at radius 2 is 2.24 bits per heavy atom. The number of fused-ring (bicyclic) bond motifs is 1. The number of hydrogen-bond acceptors (Lipinski definition) is 6. The number of carbonyl (C=O) groups is 1. The summed E-state index contributed by atoms with van der Waals surface area (Å²) in [4.78, 5) is 19.8. The van der Waals surface area contributed by atoms with Crippen molar-refractivity contribution < 1.29 is 4.79 Å². The Labute approximate surface area is 124 Å². The predicted molar refractivity (Wildman–Crippen MR) is 81.7 cm³/mol. The average molecular weight is 300 g/mol. The van der Waals surface area contributed by atoms with E-state index in [1.165, 1.54) is 18.0 Å². The molecule has 2 heterocycles. The molecule has 0 spiro atoms. The zero-order valence-electron chi connectivity index (χ0n) is 11.1. The number of hydrogen-bond donors (Lipinski definition) is 3. The van der Waals surface area contributed by atoms with Gasteiger partial charge in [-0.25, -0.2) is 9.97 Å². The van der Waals surface area contributed by atoms with Gasteiger partial charge < -0.3 is 11.1 Å². The lowest BCUT2D eigenvalue weighted by molar-refractivity contribution is 0.100. The van der Waals surface area contributed by atoms with Crippen LogP contribution in [-0.4, -0.2) is 32.3 Å². The maximum Gasteiger partial charge on any atom is 0.254 e. The first-order valence-electron chi connectivity index (χ1n) is 6.08. The van der Waals surface area contributed by atoms with Gasteiger partial charge in [-0.15, -0.1) is 0 Å². The SMILES string of the molecule is CSc1ncc(C(N)=O)c(Nc2ccc3[nH]ncc3c2)n1. The van der Waals surface area contributed by atoms with E-state index in [2.05, 4.69) is 25.5 Å². The van der Waals surface area contributed by atoms with Gasteiger partial charge in [-0.05, 0) is 24.5 Å². The fraction of sp³-hybridized carbons (Fsp3) is 0.0769. The molecule has 3 aromatic rings. The van der Waals surface area contributed by atoms with Crippen LogP contribution in [0, 0.1) is 0 Å². The number of aromatic nitrogens is 4. The van der Waals surface area contributed by atoms with Crippen molar-refractivity contribution in [2.75, 3.05) is 11.6 Å². The van der Waals surface area contributed by atoms with E-state index in [4.69, 9.17) is 5.73 Å². The average Bonchev–Trinajstić information content (AvgIpc) is 2.94. The highest BCUT2D eigenvalue weighted by molar-refractivity contribution is 7.98. The van der Waals surface area contributed by atoms with Crippen LogP contribution in [0.1, 0.15) is 10.4 Å². The van der Waals surface area contributed by atoms with Gasteiger partial charge in [0.1, 0.15) is 11.4 Å². The van der Waals surface area contributed by atoms with Gasteiger partial charge in [0.05, 0.1) is 11.7 Å². The van der Waals surface area contributed by atoms with Crippen LogP contribution in [0.2, 0.25) is 0 Å². The molecule has 0 fully saturated rings. The normalized spacial score (nSPS) is 10.7. The molecule has 2 aromatic heterocycles. The Hall–Kier alpha value is -2.61. The van der Waals surface area contributed by atoms with Crippen LogP contribution < -0.4 is 11.1 Å².